The van der Waals surface area contributed by atoms with Crippen molar-refractivity contribution in [3.63, 3.8) is 0 Å². The molecule has 11 heavy (non-hydrogen) atoms. The Kier molecular flexibility index (Phi) is 2.41. The van der Waals surface area contributed by atoms with Gasteiger partial charge < -0.3 is 14.2 Å². The Hall–Kier alpha value is -0.120. The van der Waals surface area contributed by atoms with Crippen molar-refractivity contribution in [3.05, 3.63) is 0 Å². The summed E-state index contributed by atoms with van der Waals surface area (Å²) in [5, 5.41) is 0. The fourth-order valence-corrected chi connectivity index (χ4v) is 1.48. The summed E-state index contributed by atoms with van der Waals surface area (Å²) in [5.74, 6) is 0. The van der Waals surface area contributed by atoms with Gasteiger partial charge in [0.2, 0.25) is 0 Å². The van der Waals surface area contributed by atoms with Crippen LogP contribution in [0.3, 0.4) is 0 Å². The molecule has 0 N–H and O–H groups in total. The van der Waals surface area contributed by atoms with Gasteiger partial charge in [-0.15, -0.1) is 0 Å². The lowest BCUT2D eigenvalue weighted by Gasteiger charge is -2.15. The molecule has 2 heterocycles. The Labute approximate surface area is 66.6 Å². The SMILES string of the molecule is C1CO[C@H](O[C@H]2CCCO2)C1. The van der Waals surface area contributed by atoms with Gasteiger partial charge in [0.15, 0.2) is 12.6 Å². The van der Waals surface area contributed by atoms with E-state index in [1.807, 2.05) is 0 Å². The molecule has 0 aromatic carbocycles. The Morgan fingerprint density at radius 3 is 1.82 bits per heavy atom. The molecule has 2 aliphatic rings. The smallest absolute Gasteiger partial charge is 0.160 e. The van der Waals surface area contributed by atoms with Crippen LogP contribution >= 0.6 is 0 Å². The standard InChI is InChI=1S/C8H14O3/c1-3-7(9-5-1)11-8-4-2-6-10-8/h7-8H,1-6H2/t7-,8+. The minimum atomic E-state index is 0.0121. The van der Waals surface area contributed by atoms with Crippen molar-refractivity contribution in [1.82, 2.24) is 0 Å². The summed E-state index contributed by atoms with van der Waals surface area (Å²) in [6.07, 6.45) is 4.32. The maximum Gasteiger partial charge on any atom is 0.160 e. The lowest BCUT2D eigenvalue weighted by atomic mass is 10.3. The first-order valence-electron chi connectivity index (χ1n) is 4.34. The van der Waals surface area contributed by atoms with Crippen molar-refractivity contribution in [2.45, 2.75) is 38.3 Å². The highest BCUT2D eigenvalue weighted by Gasteiger charge is 2.23. The number of rotatable bonds is 2. The summed E-state index contributed by atoms with van der Waals surface area (Å²) in [5.41, 5.74) is 0. The first-order chi connectivity index (χ1) is 5.45. The molecule has 3 heteroatoms. The molecule has 0 aliphatic carbocycles. The first kappa shape index (κ1) is 7.53. The molecule has 2 aliphatic heterocycles. The van der Waals surface area contributed by atoms with Crippen molar-refractivity contribution >= 4 is 0 Å². The Morgan fingerprint density at radius 1 is 0.909 bits per heavy atom. The highest BCUT2D eigenvalue weighted by atomic mass is 16.8. The van der Waals surface area contributed by atoms with Crippen molar-refractivity contribution in [2.24, 2.45) is 0 Å². The summed E-state index contributed by atoms with van der Waals surface area (Å²) in [6, 6.07) is 0. The molecule has 2 saturated heterocycles. The average Bonchev–Trinajstić information content (AvgIpc) is 2.60. The van der Waals surface area contributed by atoms with Gasteiger partial charge in [0.05, 0.1) is 0 Å². The lowest BCUT2D eigenvalue weighted by Crippen LogP contribution is -2.20. The predicted octanol–water partition coefficient (Wildman–Crippen LogP) is 1.28. The fourth-order valence-electron chi connectivity index (χ4n) is 1.48. The van der Waals surface area contributed by atoms with Crippen LogP contribution in [0.25, 0.3) is 0 Å². The largest absolute Gasteiger partial charge is 0.353 e. The molecule has 0 unspecified atom stereocenters. The molecular formula is C8H14O3. The average molecular weight is 158 g/mol. The molecule has 2 fully saturated rings. The van der Waals surface area contributed by atoms with Crippen LogP contribution in [-0.2, 0) is 14.2 Å². The fraction of sp³-hybridized carbons (Fsp3) is 1.00. The molecule has 0 aromatic rings. The summed E-state index contributed by atoms with van der Waals surface area (Å²) >= 11 is 0. The summed E-state index contributed by atoms with van der Waals surface area (Å²) < 4.78 is 16.2. The zero-order chi connectivity index (χ0) is 7.52. The number of ether oxygens (including phenoxy) is 3. The van der Waals surface area contributed by atoms with Crippen molar-refractivity contribution < 1.29 is 14.2 Å². The van der Waals surface area contributed by atoms with Crippen LogP contribution in [-0.4, -0.2) is 25.8 Å². The van der Waals surface area contributed by atoms with E-state index in [2.05, 4.69) is 0 Å². The van der Waals surface area contributed by atoms with Crippen molar-refractivity contribution in [2.75, 3.05) is 13.2 Å². The summed E-state index contributed by atoms with van der Waals surface area (Å²) in [7, 11) is 0. The van der Waals surface area contributed by atoms with E-state index in [4.69, 9.17) is 14.2 Å². The number of hydrogen-bond acceptors (Lipinski definition) is 3. The van der Waals surface area contributed by atoms with E-state index in [1.165, 1.54) is 0 Å². The van der Waals surface area contributed by atoms with E-state index < -0.39 is 0 Å². The molecule has 0 aromatic heterocycles. The second kappa shape index (κ2) is 3.52. The quantitative estimate of drug-likeness (QED) is 0.605. The van der Waals surface area contributed by atoms with Crippen LogP contribution in [0.1, 0.15) is 25.7 Å². The van der Waals surface area contributed by atoms with Gasteiger partial charge in [-0.2, -0.15) is 0 Å². The molecule has 0 amide bonds. The van der Waals surface area contributed by atoms with Gasteiger partial charge >= 0.3 is 0 Å². The van der Waals surface area contributed by atoms with E-state index in [0.29, 0.717) is 0 Å². The number of hydrogen-bond donors (Lipinski definition) is 0. The normalized spacial score (nSPS) is 38.2. The predicted molar refractivity (Wildman–Crippen MR) is 39.0 cm³/mol. The van der Waals surface area contributed by atoms with Gasteiger partial charge in [0, 0.05) is 26.1 Å². The first-order valence-corrected chi connectivity index (χ1v) is 4.34. The van der Waals surface area contributed by atoms with E-state index in [-0.39, 0.29) is 12.6 Å². The third-order valence-corrected chi connectivity index (χ3v) is 2.08. The summed E-state index contributed by atoms with van der Waals surface area (Å²) in [6.45, 7) is 1.69. The monoisotopic (exact) mass is 158 g/mol. The van der Waals surface area contributed by atoms with Crippen LogP contribution in [0.15, 0.2) is 0 Å². The third-order valence-electron chi connectivity index (χ3n) is 2.08. The maximum absolute atomic E-state index is 5.53. The topological polar surface area (TPSA) is 27.7 Å². The highest BCUT2D eigenvalue weighted by Crippen LogP contribution is 2.20. The van der Waals surface area contributed by atoms with Crippen LogP contribution in [0.2, 0.25) is 0 Å². The molecule has 2 rings (SSSR count). The van der Waals surface area contributed by atoms with E-state index in [9.17, 15) is 0 Å². The van der Waals surface area contributed by atoms with Gasteiger partial charge in [-0.05, 0) is 12.8 Å². The lowest BCUT2D eigenvalue weighted by molar-refractivity contribution is -0.213. The minimum Gasteiger partial charge on any atom is -0.353 e. The van der Waals surface area contributed by atoms with Crippen LogP contribution < -0.4 is 0 Å². The maximum atomic E-state index is 5.53. The van der Waals surface area contributed by atoms with Crippen molar-refractivity contribution in [3.8, 4) is 0 Å². The Bertz CT molecular complexity index is 101. The van der Waals surface area contributed by atoms with Crippen LogP contribution in [0.4, 0.5) is 0 Å². The minimum absolute atomic E-state index is 0.0121. The van der Waals surface area contributed by atoms with Gasteiger partial charge in [-0.1, -0.05) is 0 Å². The second-order valence-corrected chi connectivity index (χ2v) is 3.02. The van der Waals surface area contributed by atoms with Gasteiger partial charge in [-0.25, -0.2) is 0 Å². The molecule has 0 saturated carbocycles. The van der Waals surface area contributed by atoms with Gasteiger partial charge in [0.25, 0.3) is 0 Å². The van der Waals surface area contributed by atoms with Gasteiger partial charge in [0.1, 0.15) is 0 Å². The van der Waals surface area contributed by atoms with E-state index in [0.717, 1.165) is 38.9 Å². The van der Waals surface area contributed by atoms with Crippen LogP contribution in [0.5, 0.6) is 0 Å². The van der Waals surface area contributed by atoms with E-state index in [1.54, 1.807) is 0 Å². The van der Waals surface area contributed by atoms with Crippen molar-refractivity contribution in [1.29, 1.82) is 0 Å². The Morgan fingerprint density at radius 2 is 1.45 bits per heavy atom. The zero-order valence-electron chi connectivity index (χ0n) is 6.62. The van der Waals surface area contributed by atoms with E-state index >= 15 is 0 Å². The molecule has 2 atom stereocenters. The van der Waals surface area contributed by atoms with Crippen LogP contribution in [0, 0.1) is 0 Å². The summed E-state index contributed by atoms with van der Waals surface area (Å²) in [4.78, 5) is 0. The molecule has 0 bridgehead atoms. The van der Waals surface area contributed by atoms with Gasteiger partial charge in [-0.3, -0.25) is 0 Å². The molecule has 3 nitrogen and oxygen atoms in total. The Balaban J connectivity index is 1.71. The molecule has 0 radical (unpaired) electrons. The molecule has 0 spiro atoms. The second-order valence-electron chi connectivity index (χ2n) is 3.02. The molecular weight excluding hydrogens is 144 g/mol. The molecule has 64 valence electrons. The third kappa shape index (κ3) is 1.92. The highest BCUT2D eigenvalue weighted by molar-refractivity contribution is 4.59. The zero-order valence-corrected chi connectivity index (χ0v) is 6.62.